The fraction of sp³-hybridized carbons (Fsp3) is 0. The molecular formula is C42H26O. The summed E-state index contributed by atoms with van der Waals surface area (Å²) in [6, 6.07) is 53.6. The molecule has 8 aromatic carbocycles. The molecule has 9 rings (SSSR count). The van der Waals surface area contributed by atoms with Crippen molar-refractivity contribution in [1.29, 1.82) is 0 Å². The smallest absolute Gasteiger partial charge is 0.135 e. The molecule has 0 N–H and O–H groups in total. The van der Waals surface area contributed by atoms with Crippen molar-refractivity contribution in [3.63, 3.8) is 0 Å². The predicted molar refractivity (Wildman–Crippen MR) is 181 cm³/mol. The third-order valence-electron chi connectivity index (χ3n) is 8.79. The highest BCUT2D eigenvalue weighted by Gasteiger charge is 2.24. The van der Waals surface area contributed by atoms with Crippen molar-refractivity contribution in [3.8, 4) is 56.0 Å². The highest BCUT2D eigenvalue weighted by Crippen LogP contribution is 2.51. The van der Waals surface area contributed by atoms with Crippen molar-refractivity contribution in [2.24, 2.45) is 0 Å². The van der Waals surface area contributed by atoms with Crippen LogP contribution in [0.25, 0.3) is 76.8 Å². The van der Waals surface area contributed by atoms with E-state index in [0.717, 1.165) is 77.4 Å². The van der Waals surface area contributed by atoms with E-state index in [1.165, 1.54) is 10.9 Å². The van der Waals surface area contributed by atoms with Crippen LogP contribution < -0.4 is 4.74 Å². The number of benzene rings is 8. The second kappa shape index (κ2) is 9.44. The van der Waals surface area contributed by atoms with Gasteiger partial charge in [-0.15, -0.1) is 0 Å². The molecule has 0 saturated carbocycles. The molecule has 200 valence electrons. The SMILES string of the molecule is [2H]c1cccc2c(-c3ccc4c5c(cccc35)Oc3ccccc3-4)c3ccccc3c(-c3ccccc3-c3ccccc3)c12. The number of hydrogen-bond donors (Lipinski definition) is 0. The van der Waals surface area contributed by atoms with Crippen LogP contribution in [0.3, 0.4) is 0 Å². The molecule has 1 aliphatic heterocycles. The van der Waals surface area contributed by atoms with Crippen molar-refractivity contribution in [1.82, 2.24) is 0 Å². The molecule has 1 heteroatoms. The van der Waals surface area contributed by atoms with E-state index in [4.69, 9.17) is 4.74 Å². The van der Waals surface area contributed by atoms with E-state index in [9.17, 15) is 1.37 Å². The van der Waals surface area contributed by atoms with Crippen molar-refractivity contribution < 1.29 is 6.11 Å². The Labute approximate surface area is 251 Å². The fourth-order valence-electron chi connectivity index (χ4n) is 6.99. The molecule has 0 saturated heterocycles. The summed E-state index contributed by atoms with van der Waals surface area (Å²) in [7, 11) is 0. The molecule has 43 heavy (non-hydrogen) atoms. The van der Waals surface area contributed by atoms with Crippen LogP contribution in [0.2, 0.25) is 0 Å². The van der Waals surface area contributed by atoms with E-state index in [1.807, 2.05) is 24.3 Å². The Morgan fingerprint density at radius 3 is 1.72 bits per heavy atom. The zero-order valence-corrected chi connectivity index (χ0v) is 23.3. The lowest BCUT2D eigenvalue weighted by atomic mass is 9.82. The molecule has 1 nitrogen and oxygen atoms in total. The standard InChI is InChI=1S/C42H26O/c1-2-13-27(14-3-1)28-15-4-5-17-30(28)40-31-18-6-8-20-33(31)41(34-21-9-7-19-32(34)40)37-26-25-36-29-16-10-11-23-38(29)43-39-24-12-22-35(37)42(36)39/h1-26H/i18D. The number of rotatable bonds is 3. The number of ether oxygens (including phenoxy) is 1. The first-order valence-electron chi connectivity index (χ1n) is 15.2. The molecule has 0 spiro atoms. The van der Waals surface area contributed by atoms with Crippen LogP contribution >= 0.6 is 0 Å². The fourth-order valence-corrected chi connectivity index (χ4v) is 6.99. The van der Waals surface area contributed by atoms with Crippen molar-refractivity contribution in [2.45, 2.75) is 0 Å². The van der Waals surface area contributed by atoms with E-state index in [2.05, 4.69) is 127 Å². The average molecular weight is 548 g/mol. The summed E-state index contributed by atoms with van der Waals surface area (Å²) >= 11 is 0. The summed E-state index contributed by atoms with van der Waals surface area (Å²) in [5, 5.41) is 6.62. The summed E-state index contributed by atoms with van der Waals surface area (Å²) in [5.41, 5.74) is 9.14. The Hall–Kier alpha value is -5.66. The third kappa shape index (κ3) is 3.58. The zero-order chi connectivity index (χ0) is 29.2. The van der Waals surface area contributed by atoms with Crippen LogP contribution in [0.5, 0.6) is 11.5 Å². The molecule has 0 fully saturated rings. The lowest BCUT2D eigenvalue weighted by molar-refractivity contribution is 0.487. The van der Waals surface area contributed by atoms with Gasteiger partial charge in [-0.3, -0.25) is 0 Å². The van der Waals surface area contributed by atoms with Crippen LogP contribution in [0.4, 0.5) is 0 Å². The van der Waals surface area contributed by atoms with Crippen LogP contribution in [0.1, 0.15) is 1.37 Å². The molecule has 0 aromatic heterocycles. The normalized spacial score (nSPS) is 12.2. The second-order valence-electron chi connectivity index (χ2n) is 11.1. The third-order valence-corrected chi connectivity index (χ3v) is 8.79. The maximum atomic E-state index is 9.29. The number of para-hydroxylation sites is 1. The van der Waals surface area contributed by atoms with Crippen LogP contribution in [-0.2, 0) is 0 Å². The Bertz CT molecular complexity index is 2420. The average Bonchev–Trinajstić information content (AvgIpc) is 3.08. The van der Waals surface area contributed by atoms with Crippen molar-refractivity contribution in [3.05, 3.63) is 158 Å². The van der Waals surface area contributed by atoms with Gasteiger partial charge in [-0.2, -0.15) is 0 Å². The molecule has 0 bridgehead atoms. The minimum absolute atomic E-state index is 0.521. The highest BCUT2D eigenvalue weighted by molar-refractivity contribution is 6.25. The van der Waals surface area contributed by atoms with Gasteiger partial charge in [-0.25, -0.2) is 0 Å². The van der Waals surface area contributed by atoms with Gasteiger partial charge in [0.15, 0.2) is 0 Å². The molecule has 1 heterocycles. The van der Waals surface area contributed by atoms with Gasteiger partial charge in [-0.1, -0.05) is 146 Å². The Morgan fingerprint density at radius 1 is 0.349 bits per heavy atom. The molecule has 0 amide bonds. The monoisotopic (exact) mass is 547 g/mol. The molecule has 0 radical (unpaired) electrons. The minimum atomic E-state index is 0.521. The van der Waals surface area contributed by atoms with Crippen LogP contribution in [0.15, 0.2) is 158 Å². The van der Waals surface area contributed by atoms with Crippen molar-refractivity contribution >= 4 is 32.3 Å². The molecule has 8 aromatic rings. The second-order valence-corrected chi connectivity index (χ2v) is 11.1. The Balaban J connectivity index is 1.42. The first kappa shape index (κ1) is 23.0. The summed E-state index contributed by atoms with van der Waals surface area (Å²) in [5.74, 6) is 1.76. The van der Waals surface area contributed by atoms with Gasteiger partial charge < -0.3 is 4.74 Å². The first-order valence-corrected chi connectivity index (χ1v) is 14.7. The lowest BCUT2D eigenvalue weighted by Gasteiger charge is -2.24. The largest absolute Gasteiger partial charge is 0.456 e. The Kier molecular flexibility index (Phi) is 5.04. The minimum Gasteiger partial charge on any atom is -0.456 e. The lowest BCUT2D eigenvalue weighted by Crippen LogP contribution is -1.98. The summed E-state index contributed by atoms with van der Waals surface area (Å²) in [6.07, 6.45) is 0. The summed E-state index contributed by atoms with van der Waals surface area (Å²) in [4.78, 5) is 0. The van der Waals surface area contributed by atoms with E-state index < -0.39 is 0 Å². The molecule has 1 aliphatic rings. The Morgan fingerprint density at radius 2 is 0.907 bits per heavy atom. The van der Waals surface area contributed by atoms with E-state index in [-0.39, 0.29) is 0 Å². The molecule has 0 atom stereocenters. The van der Waals surface area contributed by atoms with E-state index >= 15 is 0 Å². The van der Waals surface area contributed by atoms with Gasteiger partial charge >= 0.3 is 0 Å². The maximum absolute atomic E-state index is 9.29. The molecule has 0 unspecified atom stereocenters. The van der Waals surface area contributed by atoms with E-state index in [0.29, 0.717) is 6.04 Å². The zero-order valence-electron chi connectivity index (χ0n) is 24.3. The number of hydrogen-bond acceptors (Lipinski definition) is 1. The van der Waals surface area contributed by atoms with E-state index in [1.54, 1.807) is 0 Å². The van der Waals surface area contributed by atoms with Gasteiger partial charge in [0, 0.05) is 10.9 Å². The molecular weight excluding hydrogens is 520 g/mol. The van der Waals surface area contributed by atoms with Gasteiger partial charge in [0.2, 0.25) is 0 Å². The van der Waals surface area contributed by atoms with Gasteiger partial charge in [0.05, 0.1) is 1.37 Å². The summed E-state index contributed by atoms with van der Waals surface area (Å²) in [6.45, 7) is 0. The van der Waals surface area contributed by atoms with Crippen molar-refractivity contribution in [2.75, 3.05) is 0 Å². The van der Waals surface area contributed by atoms with Gasteiger partial charge in [0.25, 0.3) is 0 Å². The van der Waals surface area contributed by atoms with Crippen LogP contribution in [0, 0.1) is 0 Å². The van der Waals surface area contributed by atoms with Gasteiger partial charge in [-0.05, 0) is 78.0 Å². The highest BCUT2D eigenvalue weighted by atomic mass is 16.5. The maximum Gasteiger partial charge on any atom is 0.135 e. The number of fused-ring (bicyclic) bond motifs is 4. The molecule has 0 aliphatic carbocycles. The quantitative estimate of drug-likeness (QED) is 0.200. The summed E-state index contributed by atoms with van der Waals surface area (Å²) < 4.78 is 15.7. The topological polar surface area (TPSA) is 9.23 Å². The predicted octanol–water partition coefficient (Wildman–Crippen LogP) is 11.9. The van der Waals surface area contributed by atoms with Crippen LogP contribution in [-0.4, -0.2) is 0 Å². The van der Waals surface area contributed by atoms with Gasteiger partial charge in [0.1, 0.15) is 11.5 Å². The first-order chi connectivity index (χ1) is 21.8.